The van der Waals surface area contributed by atoms with Crippen molar-refractivity contribution in [2.24, 2.45) is 0 Å². The van der Waals surface area contributed by atoms with Crippen LogP contribution >= 0.6 is 23.4 Å². The van der Waals surface area contributed by atoms with E-state index in [2.05, 4.69) is 34.7 Å². The smallest absolute Gasteiger partial charge is 0.0444 e. The van der Waals surface area contributed by atoms with Crippen molar-refractivity contribution in [2.45, 2.75) is 24.0 Å². The second-order valence-corrected chi connectivity index (χ2v) is 6.47. The van der Waals surface area contributed by atoms with Crippen molar-refractivity contribution in [3.05, 3.63) is 76.4 Å². The minimum Gasteiger partial charge on any atom is -0.261 e. The summed E-state index contributed by atoms with van der Waals surface area (Å²) in [5.41, 5.74) is 2.40. The summed E-state index contributed by atoms with van der Waals surface area (Å²) in [5.74, 6) is 0.414. The Bertz CT molecular complexity index is 597. The van der Waals surface area contributed by atoms with Gasteiger partial charge in [0.1, 0.15) is 0 Å². The number of aryl methyl sites for hydroxylation is 1. The van der Waals surface area contributed by atoms with E-state index >= 15 is 0 Å². The molecule has 1 aromatic carbocycles. The summed E-state index contributed by atoms with van der Waals surface area (Å²) in [6.07, 6.45) is 6.27. The van der Waals surface area contributed by atoms with Gasteiger partial charge in [0, 0.05) is 28.1 Å². The molecule has 102 valence electrons. The van der Waals surface area contributed by atoms with Gasteiger partial charge >= 0.3 is 0 Å². The van der Waals surface area contributed by atoms with Crippen LogP contribution in [0.25, 0.3) is 0 Å². The number of thioether (sulfide) groups is 1. The molecule has 1 aliphatic rings. The predicted octanol–water partition coefficient (Wildman–Crippen LogP) is 5.08. The molecule has 0 saturated carbocycles. The van der Waals surface area contributed by atoms with E-state index in [1.807, 2.05) is 42.2 Å². The summed E-state index contributed by atoms with van der Waals surface area (Å²) in [5, 5.41) is 3.63. The van der Waals surface area contributed by atoms with Crippen LogP contribution in [-0.2, 0) is 6.42 Å². The van der Waals surface area contributed by atoms with Crippen LogP contribution < -0.4 is 0 Å². The van der Waals surface area contributed by atoms with E-state index < -0.39 is 0 Å². The van der Waals surface area contributed by atoms with Crippen molar-refractivity contribution in [1.82, 2.24) is 4.98 Å². The number of nitrogens with zero attached hydrogens (tertiary/aromatic N) is 1. The zero-order valence-electron chi connectivity index (χ0n) is 11.1. The Labute approximate surface area is 129 Å². The van der Waals surface area contributed by atoms with E-state index in [9.17, 15) is 0 Å². The van der Waals surface area contributed by atoms with Crippen LogP contribution in [-0.4, -0.2) is 10.2 Å². The van der Waals surface area contributed by atoms with Gasteiger partial charge in [0.2, 0.25) is 0 Å². The second kappa shape index (κ2) is 6.47. The predicted molar refractivity (Wildman–Crippen MR) is 87.3 cm³/mol. The summed E-state index contributed by atoms with van der Waals surface area (Å²) in [6, 6.07) is 14.3. The summed E-state index contributed by atoms with van der Waals surface area (Å²) < 4.78 is 0. The van der Waals surface area contributed by atoms with Gasteiger partial charge in [0.05, 0.1) is 0 Å². The van der Waals surface area contributed by atoms with E-state index in [1.165, 1.54) is 5.56 Å². The molecule has 1 aromatic heterocycles. The molecule has 0 aliphatic carbocycles. The first kappa shape index (κ1) is 13.7. The molecule has 3 heteroatoms. The minimum absolute atomic E-state index is 0.414. The highest BCUT2D eigenvalue weighted by Crippen LogP contribution is 2.41. The first-order valence-corrected chi connectivity index (χ1v) is 8.13. The molecule has 2 unspecified atom stereocenters. The zero-order valence-corrected chi connectivity index (χ0v) is 12.6. The van der Waals surface area contributed by atoms with Crippen LogP contribution in [0.3, 0.4) is 0 Å². The quantitative estimate of drug-likeness (QED) is 0.781. The fourth-order valence-electron chi connectivity index (χ4n) is 2.57. The fraction of sp³-hybridized carbons (Fsp3) is 0.235. The second-order valence-electron chi connectivity index (χ2n) is 4.91. The minimum atomic E-state index is 0.414. The first-order chi connectivity index (χ1) is 9.84. The van der Waals surface area contributed by atoms with Gasteiger partial charge in [-0.15, -0.1) is 11.8 Å². The lowest BCUT2D eigenvalue weighted by Crippen LogP contribution is -2.12. The molecule has 0 saturated heterocycles. The summed E-state index contributed by atoms with van der Waals surface area (Å²) >= 11 is 8.24. The van der Waals surface area contributed by atoms with E-state index in [0.29, 0.717) is 11.2 Å². The van der Waals surface area contributed by atoms with Crippen molar-refractivity contribution < 1.29 is 0 Å². The van der Waals surface area contributed by atoms with Crippen LogP contribution in [0.2, 0.25) is 5.02 Å². The molecular formula is C17H16ClNS. The Morgan fingerprint density at radius 1 is 1.10 bits per heavy atom. The summed E-state index contributed by atoms with van der Waals surface area (Å²) in [4.78, 5) is 4.40. The number of halogens is 1. The summed E-state index contributed by atoms with van der Waals surface area (Å²) in [7, 11) is 0. The summed E-state index contributed by atoms with van der Waals surface area (Å²) in [6.45, 7) is 0. The van der Waals surface area contributed by atoms with Gasteiger partial charge in [-0.25, -0.2) is 0 Å². The largest absolute Gasteiger partial charge is 0.261 e. The molecule has 0 radical (unpaired) electrons. The van der Waals surface area contributed by atoms with Gasteiger partial charge in [-0.2, -0.15) is 0 Å². The Hall–Kier alpha value is -1.25. The molecule has 0 bridgehead atoms. The third-order valence-electron chi connectivity index (χ3n) is 3.62. The van der Waals surface area contributed by atoms with Crippen molar-refractivity contribution >= 4 is 23.4 Å². The standard InChI is InChI=1S/C17H16ClNS/c18-16-7-2-1-6-14(16)15-10-12-20-17(15)9-8-13-5-3-4-11-19-13/h1-7,10-12,15,17H,8-9H2. The van der Waals surface area contributed by atoms with Crippen molar-refractivity contribution in [2.75, 3.05) is 0 Å². The van der Waals surface area contributed by atoms with Crippen molar-refractivity contribution in [3.63, 3.8) is 0 Å². The molecule has 20 heavy (non-hydrogen) atoms. The Morgan fingerprint density at radius 2 is 1.95 bits per heavy atom. The molecule has 3 rings (SSSR count). The van der Waals surface area contributed by atoms with Crippen LogP contribution in [0.4, 0.5) is 0 Å². The van der Waals surface area contributed by atoms with Gasteiger partial charge in [0.15, 0.2) is 0 Å². The number of pyridine rings is 1. The molecule has 1 nitrogen and oxygen atoms in total. The molecule has 0 spiro atoms. The monoisotopic (exact) mass is 301 g/mol. The molecular weight excluding hydrogens is 286 g/mol. The third kappa shape index (κ3) is 3.08. The normalized spacial score (nSPS) is 21.2. The molecule has 0 N–H and O–H groups in total. The van der Waals surface area contributed by atoms with E-state index in [0.717, 1.165) is 23.6 Å². The van der Waals surface area contributed by atoms with Gasteiger partial charge in [-0.3, -0.25) is 4.98 Å². The highest BCUT2D eigenvalue weighted by Gasteiger charge is 2.26. The SMILES string of the molecule is Clc1ccccc1C1C=CSC1CCc1ccccn1. The number of rotatable bonds is 4. The van der Waals surface area contributed by atoms with Gasteiger partial charge in [0.25, 0.3) is 0 Å². The molecule has 2 aromatic rings. The maximum Gasteiger partial charge on any atom is 0.0444 e. The van der Waals surface area contributed by atoms with E-state index in [-0.39, 0.29) is 0 Å². The molecule has 0 amide bonds. The average Bonchev–Trinajstić information content (AvgIpc) is 2.95. The van der Waals surface area contributed by atoms with E-state index in [4.69, 9.17) is 11.6 Å². The van der Waals surface area contributed by atoms with Crippen LogP contribution in [0, 0.1) is 0 Å². The maximum atomic E-state index is 6.33. The molecule has 0 fully saturated rings. The molecule has 2 atom stereocenters. The fourth-order valence-corrected chi connectivity index (χ4v) is 3.96. The maximum absolute atomic E-state index is 6.33. The van der Waals surface area contributed by atoms with Crippen LogP contribution in [0.1, 0.15) is 23.6 Å². The Kier molecular flexibility index (Phi) is 4.44. The average molecular weight is 302 g/mol. The van der Waals surface area contributed by atoms with Crippen molar-refractivity contribution in [3.8, 4) is 0 Å². The van der Waals surface area contributed by atoms with Crippen LogP contribution in [0.15, 0.2) is 60.1 Å². The number of aromatic nitrogens is 1. The number of hydrogen-bond donors (Lipinski definition) is 0. The highest BCUT2D eigenvalue weighted by atomic mass is 35.5. The zero-order chi connectivity index (χ0) is 13.8. The van der Waals surface area contributed by atoms with Gasteiger partial charge in [-0.1, -0.05) is 41.9 Å². The number of allylic oxidation sites excluding steroid dienone is 1. The topological polar surface area (TPSA) is 12.9 Å². The van der Waals surface area contributed by atoms with Crippen LogP contribution in [0.5, 0.6) is 0 Å². The lowest BCUT2D eigenvalue weighted by atomic mass is 9.93. The highest BCUT2D eigenvalue weighted by molar-refractivity contribution is 8.03. The molecule has 2 heterocycles. The lowest BCUT2D eigenvalue weighted by molar-refractivity contribution is 0.696. The third-order valence-corrected chi connectivity index (χ3v) is 5.15. The van der Waals surface area contributed by atoms with E-state index in [1.54, 1.807) is 0 Å². The number of benzene rings is 1. The Morgan fingerprint density at radius 3 is 2.75 bits per heavy atom. The molecule has 1 aliphatic heterocycles. The van der Waals surface area contributed by atoms with Crippen molar-refractivity contribution in [1.29, 1.82) is 0 Å². The lowest BCUT2D eigenvalue weighted by Gasteiger charge is -2.19. The first-order valence-electron chi connectivity index (χ1n) is 6.81. The van der Waals surface area contributed by atoms with Gasteiger partial charge < -0.3 is 0 Å². The van der Waals surface area contributed by atoms with Gasteiger partial charge in [-0.05, 0) is 42.0 Å². The number of hydrogen-bond acceptors (Lipinski definition) is 2. The Balaban J connectivity index is 1.70.